The minimum Gasteiger partial charge on any atom is -0.502 e. The summed E-state index contributed by atoms with van der Waals surface area (Å²) in [6.07, 6.45) is 0. The van der Waals surface area contributed by atoms with Gasteiger partial charge in [-0.3, -0.25) is 10.1 Å². The Morgan fingerprint density at radius 1 is 1.31 bits per heavy atom. The topological polar surface area (TPSA) is 72.6 Å². The molecule has 2 rings (SSSR count). The average Bonchev–Trinajstić information content (AvgIpc) is 2.27. The second kappa shape index (κ2) is 3.69. The molecule has 0 amide bonds. The fraction of sp³-hybridized carbons (Fsp3) is 0.0909. The van der Waals surface area contributed by atoms with Gasteiger partial charge in [-0.05, 0) is 6.07 Å². The summed E-state index contributed by atoms with van der Waals surface area (Å²) in [5, 5.41) is 21.4. The zero-order valence-corrected chi connectivity index (χ0v) is 8.51. The normalized spacial score (nSPS) is 10.3. The van der Waals surface area contributed by atoms with Crippen molar-refractivity contribution in [1.82, 2.24) is 0 Å². The number of methoxy groups -OCH3 is 1. The van der Waals surface area contributed by atoms with Crippen LogP contribution in [0.15, 0.2) is 30.3 Å². The number of phenolic OH excluding ortho intramolecular Hbond substituents is 1. The predicted molar refractivity (Wildman–Crippen MR) is 58.8 cm³/mol. The molecule has 0 unspecified atom stereocenters. The van der Waals surface area contributed by atoms with Gasteiger partial charge in [0.25, 0.3) is 0 Å². The van der Waals surface area contributed by atoms with E-state index < -0.39 is 4.92 Å². The Kier molecular flexibility index (Phi) is 2.36. The van der Waals surface area contributed by atoms with Crippen LogP contribution in [0.2, 0.25) is 0 Å². The van der Waals surface area contributed by atoms with Gasteiger partial charge in [0.05, 0.1) is 17.4 Å². The second-order valence-electron chi connectivity index (χ2n) is 3.25. The number of hydrogen-bond acceptors (Lipinski definition) is 4. The molecule has 0 aromatic heterocycles. The number of rotatable bonds is 2. The molecule has 82 valence electrons. The Morgan fingerprint density at radius 3 is 2.50 bits per heavy atom. The summed E-state index contributed by atoms with van der Waals surface area (Å²) < 4.78 is 5.06. The van der Waals surface area contributed by atoms with Crippen molar-refractivity contribution in [2.45, 2.75) is 0 Å². The first-order valence-electron chi connectivity index (χ1n) is 4.58. The van der Waals surface area contributed by atoms with Gasteiger partial charge in [-0.15, -0.1) is 0 Å². The molecule has 0 radical (unpaired) electrons. The molecule has 0 aliphatic carbocycles. The predicted octanol–water partition coefficient (Wildman–Crippen LogP) is 2.46. The van der Waals surface area contributed by atoms with Crippen LogP contribution in [0.25, 0.3) is 10.8 Å². The second-order valence-corrected chi connectivity index (χ2v) is 3.25. The minimum atomic E-state index is -0.600. The fourth-order valence-corrected chi connectivity index (χ4v) is 1.67. The van der Waals surface area contributed by atoms with Gasteiger partial charge in [0.2, 0.25) is 0 Å². The third-order valence-electron chi connectivity index (χ3n) is 2.36. The first-order chi connectivity index (χ1) is 7.65. The van der Waals surface area contributed by atoms with Gasteiger partial charge in [0.1, 0.15) is 5.75 Å². The smallest absolute Gasteiger partial charge is 0.318 e. The number of phenols is 1. The summed E-state index contributed by atoms with van der Waals surface area (Å²) in [6.45, 7) is 0. The van der Waals surface area contributed by atoms with Crippen LogP contribution in [0, 0.1) is 10.1 Å². The Bertz CT molecular complexity index is 565. The fourth-order valence-electron chi connectivity index (χ4n) is 1.67. The molecule has 0 fully saturated rings. The molecule has 0 saturated carbocycles. The third kappa shape index (κ3) is 1.42. The SMILES string of the molecule is COc1cc(O)c([N+](=O)[O-])c2ccccc12. The highest BCUT2D eigenvalue weighted by molar-refractivity contribution is 5.97. The van der Waals surface area contributed by atoms with E-state index in [1.54, 1.807) is 24.3 Å². The Morgan fingerprint density at radius 2 is 1.94 bits per heavy atom. The molecular formula is C11H9NO4. The van der Waals surface area contributed by atoms with Crippen LogP contribution >= 0.6 is 0 Å². The van der Waals surface area contributed by atoms with Crippen LogP contribution in [-0.2, 0) is 0 Å². The Hall–Kier alpha value is -2.30. The highest BCUT2D eigenvalue weighted by Crippen LogP contribution is 2.39. The first kappa shape index (κ1) is 10.2. The minimum absolute atomic E-state index is 0.295. The van der Waals surface area contributed by atoms with Gasteiger partial charge in [-0.2, -0.15) is 0 Å². The summed E-state index contributed by atoms with van der Waals surface area (Å²) in [4.78, 5) is 10.2. The first-order valence-corrected chi connectivity index (χ1v) is 4.58. The van der Waals surface area contributed by atoms with E-state index in [0.29, 0.717) is 16.5 Å². The molecule has 0 heterocycles. The number of benzene rings is 2. The molecule has 5 nitrogen and oxygen atoms in total. The van der Waals surface area contributed by atoms with Crippen molar-refractivity contribution in [2.24, 2.45) is 0 Å². The lowest BCUT2D eigenvalue weighted by Crippen LogP contribution is -1.93. The van der Waals surface area contributed by atoms with Crippen LogP contribution in [0.5, 0.6) is 11.5 Å². The summed E-state index contributed by atoms with van der Waals surface area (Å²) >= 11 is 0. The number of nitrogens with zero attached hydrogens (tertiary/aromatic N) is 1. The van der Waals surface area contributed by atoms with Crippen molar-refractivity contribution in [3.63, 3.8) is 0 Å². The highest BCUT2D eigenvalue weighted by Gasteiger charge is 2.20. The molecule has 2 aromatic rings. The van der Waals surface area contributed by atoms with Crippen molar-refractivity contribution in [3.05, 3.63) is 40.4 Å². The third-order valence-corrected chi connectivity index (χ3v) is 2.36. The summed E-state index contributed by atoms with van der Waals surface area (Å²) in [6, 6.07) is 7.97. The number of hydrogen-bond donors (Lipinski definition) is 1. The molecule has 0 bridgehead atoms. The zero-order valence-electron chi connectivity index (χ0n) is 8.51. The van der Waals surface area contributed by atoms with Crippen molar-refractivity contribution in [1.29, 1.82) is 0 Å². The Labute approximate surface area is 91.0 Å². The van der Waals surface area contributed by atoms with E-state index in [1.807, 2.05) is 0 Å². The maximum Gasteiger partial charge on any atom is 0.318 e. The van der Waals surface area contributed by atoms with Crippen LogP contribution in [0.4, 0.5) is 5.69 Å². The lowest BCUT2D eigenvalue weighted by atomic mass is 10.1. The van der Waals surface area contributed by atoms with E-state index in [0.717, 1.165) is 0 Å². The van der Waals surface area contributed by atoms with E-state index in [4.69, 9.17) is 4.74 Å². The number of fused-ring (bicyclic) bond motifs is 1. The highest BCUT2D eigenvalue weighted by atomic mass is 16.6. The maximum atomic E-state index is 10.8. The van der Waals surface area contributed by atoms with Crippen molar-refractivity contribution >= 4 is 16.5 Å². The van der Waals surface area contributed by atoms with E-state index in [-0.39, 0.29) is 11.4 Å². The molecule has 0 aliphatic rings. The van der Waals surface area contributed by atoms with Gasteiger partial charge in [-0.1, -0.05) is 18.2 Å². The molecule has 0 aliphatic heterocycles. The van der Waals surface area contributed by atoms with Gasteiger partial charge >= 0.3 is 5.69 Å². The molecule has 0 spiro atoms. The molecule has 1 N–H and O–H groups in total. The quantitative estimate of drug-likeness (QED) is 0.622. The largest absolute Gasteiger partial charge is 0.502 e. The summed E-state index contributed by atoms with van der Waals surface area (Å²) in [5.41, 5.74) is -0.295. The molecule has 0 saturated heterocycles. The van der Waals surface area contributed by atoms with Crippen molar-refractivity contribution in [3.8, 4) is 11.5 Å². The lowest BCUT2D eigenvalue weighted by molar-refractivity contribution is -0.384. The Balaban J connectivity index is 2.92. The summed E-state index contributed by atoms with van der Waals surface area (Å²) in [5.74, 6) is 0.0271. The lowest BCUT2D eigenvalue weighted by Gasteiger charge is -2.07. The van der Waals surface area contributed by atoms with E-state index in [1.165, 1.54) is 13.2 Å². The molecule has 0 atom stereocenters. The van der Waals surface area contributed by atoms with Gasteiger partial charge < -0.3 is 9.84 Å². The molecule has 16 heavy (non-hydrogen) atoms. The van der Waals surface area contributed by atoms with Crippen LogP contribution in [0.3, 0.4) is 0 Å². The van der Waals surface area contributed by atoms with Gasteiger partial charge in [0.15, 0.2) is 5.75 Å². The van der Waals surface area contributed by atoms with Crippen LogP contribution < -0.4 is 4.74 Å². The van der Waals surface area contributed by atoms with E-state index >= 15 is 0 Å². The van der Waals surface area contributed by atoms with Crippen LogP contribution in [-0.4, -0.2) is 17.1 Å². The van der Waals surface area contributed by atoms with Crippen molar-refractivity contribution in [2.75, 3.05) is 7.11 Å². The van der Waals surface area contributed by atoms with Gasteiger partial charge in [-0.25, -0.2) is 0 Å². The molecule has 5 heteroatoms. The van der Waals surface area contributed by atoms with Crippen LogP contribution in [0.1, 0.15) is 0 Å². The number of nitro benzene ring substituents is 1. The maximum absolute atomic E-state index is 10.8. The van der Waals surface area contributed by atoms with Gasteiger partial charge in [0, 0.05) is 11.5 Å². The number of aromatic hydroxyl groups is 1. The standard InChI is InChI=1S/C11H9NO4/c1-16-10-6-9(13)11(12(14)15)8-5-3-2-4-7(8)10/h2-6,13H,1H3. The summed E-state index contributed by atoms with van der Waals surface area (Å²) in [7, 11) is 1.45. The van der Waals surface area contributed by atoms with E-state index in [9.17, 15) is 15.2 Å². The molecule has 2 aromatic carbocycles. The number of ether oxygens (including phenoxy) is 1. The zero-order chi connectivity index (χ0) is 11.7. The monoisotopic (exact) mass is 219 g/mol. The number of nitro groups is 1. The molecular weight excluding hydrogens is 210 g/mol. The van der Waals surface area contributed by atoms with Crippen molar-refractivity contribution < 1.29 is 14.8 Å². The average molecular weight is 219 g/mol. The van der Waals surface area contributed by atoms with E-state index in [2.05, 4.69) is 0 Å².